The van der Waals surface area contributed by atoms with Crippen LogP contribution in [0.25, 0.3) is 0 Å². The quantitative estimate of drug-likeness (QED) is 0.805. The maximum absolute atomic E-state index is 12.9. The van der Waals surface area contributed by atoms with Gasteiger partial charge >= 0.3 is 0 Å². The first kappa shape index (κ1) is 14.7. The van der Waals surface area contributed by atoms with Gasteiger partial charge in [-0.3, -0.25) is 4.79 Å². The summed E-state index contributed by atoms with van der Waals surface area (Å²) in [6.45, 7) is 3.74. The third-order valence-corrected chi connectivity index (χ3v) is 5.00. The second-order valence-electron chi connectivity index (χ2n) is 5.01. The van der Waals surface area contributed by atoms with Crippen molar-refractivity contribution in [2.75, 3.05) is 17.2 Å². The number of aromatic nitrogens is 1. The lowest BCUT2D eigenvalue weighted by Gasteiger charge is -2.29. The molecule has 0 bridgehead atoms. The van der Waals surface area contributed by atoms with Crippen molar-refractivity contribution in [1.82, 2.24) is 4.57 Å². The molecule has 1 aromatic heterocycles. The molecule has 1 aliphatic rings. The molecule has 1 aliphatic heterocycles. The SMILES string of the molecule is CCCn1cc(Br)cc1C(=O)N1CCSc2ccccc21. The second-order valence-corrected chi connectivity index (χ2v) is 7.06. The molecule has 0 spiro atoms. The van der Waals surface area contributed by atoms with E-state index in [1.54, 1.807) is 0 Å². The van der Waals surface area contributed by atoms with Crippen molar-refractivity contribution >= 4 is 39.3 Å². The van der Waals surface area contributed by atoms with Crippen LogP contribution in [0, 0.1) is 0 Å². The minimum absolute atomic E-state index is 0.0851. The number of para-hydroxylation sites is 1. The number of hydrogen-bond acceptors (Lipinski definition) is 2. The average Bonchev–Trinajstić information content (AvgIpc) is 2.87. The zero-order valence-corrected chi connectivity index (χ0v) is 14.3. The number of thioether (sulfide) groups is 1. The molecule has 21 heavy (non-hydrogen) atoms. The summed E-state index contributed by atoms with van der Waals surface area (Å²) < 4.78 is 3.00. The number of nitrogens with zero attached hydrogens (tertiary/aromatic N) is 2. The number of amides is 1. The van der Waals surface area contributed by atoms with E-state index in [4.69, 9.17) is 0 Å². The van der Waals surface area contributed by atoms with Gasteiger partial charge in [0.25, 0.3) is 5.91 Å². The molecule has 3 rings (SSSR count). The van der Waals surface area contributed by atoms with Crippen LogP contribution in [0.5, 0.6) is 0 Å². The summed E-state index contributed by atoms with van der Waals surface area (Å²) in [6.07, 6.45) is 3.00. The second kappa shape index (κ2) is 6.28. The minimum atomic E-state index is 0.0851. The molecule has 110 valence electrons. The molecule has 0 N–H and O–H groups in total. The molecule has 5 heteroatoms. The lowest BCUT2D eigenvalue weighted by Crippen LogP contribution is -2.36. The van der Waals surface area contributed by atoms with E-state index in [9.17, 15) is 4.79 Å². The fourth-order valence-corrected chi connectivity index (χ4v) is 4.06. The third-order valence-electron chi connectivity index (χ3n) is 3.52. The lowest BCUT2D eigenvalue weighted by atomic mass is 10.2. The van der Waals surface area contributed by atoms with Crippen LogP contribution in [0.2, 0.25) is 0 Å². The summed E-state index contributed by atoms with van der Waals surface area (Å²) in [7, 11) is 0. The molecule has 0 saturated heterocycles. The molecule has 3 nitrogen and oxygen atoms in total. The molecule has 0 radical (unpaired) electrons. The van der Waals surface area contributed by atoms with Gasteiger partial charge in [-0.15, -0.1) is 11.8 Å². The Balaban J connectivity index is 1.96. The minimum Gasteiger partial charge on any atom is -0.342 e. The normalized spacial score (nSPS) is 14.1. The third kappa shape index (κ3) is 2.90. The Morgan fingerprint density at radius 2 is 2.19 bits per heavy atom. The van der Waals surface area contributed by atoms with Gasteiger partial charge in [0.05, 0.1) is 5.69 Å². The van der Waals surface area contributed by atoms with Crippen LogP contribution in [-0.2, 0) is 6.54 Å². The predicted octanol–water partition coefficient (Wildman–Crippen LogP) is 4.41. The van der Waals surface area contributed by atoms with Gasteiger partial charge in [-0.05, 0) is 40.5 Å². The van der Waals surface area contributed by atoms with Crippen LogP contribution in [0.1, 0.15) is 23.8 Å². The standard InChI is InChI=1S/C16H17BrN2OS/c1-2-7-18-11-12(17)10-14(18)16(20)19-8-9-21-15-6-4-3-5-13(15)19/h3-6,10-11H,2,7-9H2,1H3. The van der Waals surface area contributed by atoms with Gasteiger partial charge in [0.1, 0.15) is 5.69 Å². The Kier molecular flexibility index (Phi) is 4.40. The Morgan fingerprint density at radius 3 is 3.00 bits per heavy atom. The van der Waals surface area contributed by atoms with Gasteiger partial charge in [0, 0.05) is 34.4 Å². The highest BCUT2D eigenvalue weighted by Gasteiger charge is 2.25. The number of carbonyl (C=O) groups excluding carboxylic acids is 1. The molecule has 1 aromatic carbocycles. The number of fused-ring (bicyclic) bond motifs is 1. The molecule has 0 saturated carbocycles. The van der Waals surface area contributed by atoms with E-state index in [0.717, 1.165) is 41.1 Å². The molecular formula is C16H17BrN2OS. The number of carbonyl (C=O) groups is 1. The number of anilines is 1. The van der Waals surface area contributed by atoms with Gasteiger partial charge in [-0.1, -0.05) is 19.1 Å². The summed E-state index contributed by atoms with van der Waals surface area (Å²) in [6, 6.07) is 10.0. The monoisotopic (exact) mass is 364 g/mol. The number of hydrogen-bond donors (Lipinski definition) is 0. The van der Waals surface area contributed by atoms with Gasteiger partial charge in [0.15, 0.2) is 0 Å². The molecule has 1 amide bonds. The summed E-state index contributed by atoms with van der Waals surface area (Å²) in [5.74, 6) is 1.03. The largest absolute Gasteiger partial charge is 0.342 e. The van der Waals surface area contributed by atoms with Crippen LogP contribution in [0.15, 0.2) is 45.9 Å². The first-order valence-corrected chi connectivity index (χ1v) is 8.88. The van der Waals surface area contributed by atoms with E-state index < -0.39 is 0 Å². The van der Waals surface area contributed by atoms with Crippen molar-refractivity contribution < 1.29 is 4.79 Å². The summed E-state index contributed by atoms with van der Waals surface area (Å²) in [5.41, 5.74) is 1.78. The fraction of sp³-hybridized carbons (Fsp3) is 0.312. The highest BCUT2D eigenvalue weighted by atomic mass is 79.9. The van der Waals surface area contributed by atoms with Crippen molar-refractivity contribution in [1.29, 1.82) is 0 Å². The van der Waals surface area contributed by atoms with Crippen LogP contribution >= 0.6 is 27.7 Å². The maximum Gasteiger partial charge on any atom is 0.274 e. The van der Waals surface area contributed by atoms with Crippen LogP contribution < -0.4 is 4.90 Å². The molecule has 0 aliphatic carbocycles. The molecule has 0 unspecified atom stereocenters. The van der Waals surface area contributed by atoms with Gasteiger partial charge in [-0.2, -0.15) is 0 Å². The predicted molar refractivity (Wildman–Crippen MR) is 91.3 cm³/mol. The topological polar surface area (TPSA) is 25.2 Å². The van der Waals surface area contributed by atoms with Crippen molar-refractivity contribution in [3.05, 3.63) is 46.7 Å². The van der Waals surface area contributed by atoms with Crippen LogP contribution in [0.3, 0.4) is 0 Å². The maximum atomic E-state index is 12.9. The molecule has 0 fully saturated rings. The van der Waals surface area contributed by atoms with E-state index >= 15 is 0 Å². The Bertz CT molecular complexity index is 668. The van der Waals surface area contributed by atoms with Gasteiger partial charge in [0.2, 0.25) is 0 Å². The summed E-state index contributed by atoms with van der Waals surface area (Å²) in [5, 5.41) is 0. The van der Waals surface area contributed by atoms with Crippen LogP contribution in [-0.4, -0.2) is 22.8 Å². The fourth-order valence-electron chi connectivity index (χ4n) is 2.60. The zero-order valence-electron chi connectivity index (χ0n) is 11.9. The van der Waals surface area contributed by atoms with Crippen molar-refractivity contribution in [3.63, 3.8) is 0 Å². The number of aryl methyl sites for hydroxylation is 1. The highest BCUT2D eigenvalue weighted by Crippen LogP contribution is 2.35. The Morgan fingerprint density at radius 1 is 1.38 bits per heavy atom. The summed E-state index contributed by atoms with van der Waals surface area (Å²) >= 11 is 5.30. The Labute approximate surface area is 137 Å². The average molecular weight is 365 g/mol. The highest BCUT2D eigenvalue weighted by molar-refractivity contribution is 9.10. The van der Waals surface area contributed by atoms with E-state index in [2.05, 4.69) is 28.9 Å². The van der Waals surface area contributed by atoms with E-state index in [0.29, 0.717) is 0 Å². The molecule has 2 aromatic rings. The van der Waals surface area contributed by atoms with E-state index in [-0.39, 0.29) is 5.91 Å². The number of rotatable bonds is 3. The van der Waals surface area contributed by atoms with Gasteiger partial charge < -0.3 is 9.47 Å². The van der Waals surface area contributed by atoms with E-state index in [1.165, 1.54) is 4.90 Å². The van der Waals surface area contributed by atoms with Crippen molar-refractivity contribution in [2.24, 2.45) is 0 Å². The Hall–Kier alpha value is -1.20. The first-order valence-electron chi connectivity index (χ1n) is 7.10. The summed E-state index contributed by atoms with van der Waals surface area (Å²) in [4.78, 5) is 16.0. The lowest BCUT2D eigenvalue weighted by molar-refractivity contribution is 0.0978. The number of benzene rings is 1. The number of halogens is 1. The van der Waals surface area contributed by atoms with E-state index in [1.807, 2.05) is 51.7 Å². The molecule has 2 heterocycles. The van der Waals surface area contributed by atoms with Crippen molar-refractivity contribution in [3.8, 4) is 0 Å². The zero-order chi connectivity index (χ0) is 14.8. The smallest absolute Gasteiger partial charge is 0.274 e. The van der Waals surface area contributed by atoms with Crippen LogP contribution in [0.4, 0.5) is 5.69 Å². The van der Waals surface area contributed by atoms with Crippen molar-refractivity contribution in [2.45, 2.75) is 24.8 Å². The molecule has 0 atom stereocenters. The van der Waals surface area contributed by atoms with Gasteiger partial charge in [-0.25, -0.2) is 0 Å². The first-order chi connectivity index (χ1) is 10.2. The molecular weight excluding hydrogens is 348 g/mol.